The zero-order valence-electron chi connectivity index (χ0n) is 11.5. The molecule has 0 amide bonds. The Morgan fingerprint density at radius 2 is 2.05 bits per heavy atom. The molecule has 0 saturated carbocycles. The first-order valence-corrected chi connectivity index (χ1v) is 8.31. The molecule has 0 bridgehead atoms. The molecule has 2 aromatic carbocycles. The number of benzene rings is 2. The molecule has 3 nitrogen and oxygen atoms in total. The van der Waals surface area contributed by atoms with Crippen molar-refractivity contribution in [3.05, 3.63) is 51.9 Å². The van der Waals surface area contributed by atoms with Crippen molar-refractivity contribution in [1.29, 1.82) is 0 Å². The minimum atomic E-state index is 0.353. The van der Waals surface area contributed by atoms with Gasteiger partial charge >= 0.3 is 0 Å². The van der Waals surface area contributed by atoms with Gasteiger partial charge in [-0.1, -0.05) is 12.1 Å². The van der Waals surface area contributed by atoms with Crippen LogP contribution in [-0.4, -0.2) is 16.2 Å². The molecule has 3 rings (SSSR count). The van der Waals surface area contributed by atoms with E-state index in [0.29, 0.717) is 12.5 Å². The number of hydrogen-bond donors (Lipinski definition) is 0. The summed E-state index contributed by atoms with van der Waals surface area (Å²) in [6, 6.07) is 14.2. The highest BCUT2D eigenvalue weighted by Crippen LogP contribution is 2.29. The molecule has 5 heteroatoms. The van der Waals surface area contributed by atoms with Gasteiger partial charge in [-0.3, -0.25) is 4.57 Å². The average Bonchev–Trinajstić information content (AvgIpc) is 2.87. The maximum absolute atomic E-state index is 6.10. The third-order valence-electron chi connectivity index (χ3n) is 3.20. The molecule has 3 aromatic rings. The van der Waals surface area contributed by atoms with E-state index in [1.807, 2.05) is 31.2 Å². The minimum absolute atomic E-state index is 0.353. The summed E-state index contributed by atoms with van der Waals surface area (Å²) in [5.74, 6) is 1.97. The Morgan fingerprint density at radius 3 is 2.76 bits per heavy atom. The third-order valence-corrected chi connectivity index (χ3v) is 4.11. The zero-order valence-corrected chi connectivity index (χ0v) is 14.4. The fraction of sp³-hybridized carbons (Fsp3) is 0.188. The van der Waals surface area contributed by atoms with E-state index in [9.17, 15) is 0 Å². The van der Waals surface area contributed by atoms with E-state index in [4.69, 9.17) is 16.3 Å². The Balaban J connectivity index is 2.28. The van der Waals surface area contributed by atoms with Gasteiger partial charge in [0.15, 0.2) is 0 Å². The van der Waals surface area contributed by atoms with E-state index in [0.717, 1.165) is 28.3 Å². The van der Waals surface area contributed by atoms with Gasteiger partial charge in [0.2, 0.25) is 0 Å². The summed E-state index contributed by atoms with van der Waals surface area (Å²) < 4.78 is 8.94. The van der Waals surface area contributed by atoms with Crippen LogP contribution in [0.4, 0.5) is 0 Å². The maximum atomic E-state index is 6.10. The first-order valence-electron chi connectivity index (χ1n) is 6.69. The number of fused-ring (bicyclic) bond motifs is 1. The number of para-hydroxylation sites is 1. The monoisotopic (exact) mass is 412 g/mol. The van der Waals surface area contributed by atoms with Crippen LogP contribution in [0.1, 0.15) is 12.7 Å². The first kappa shape index (κ1) is 14.7. The number of nitrogens with zero attached hydrogens (tertiary/aromatic N) is 2. The number of imidazole rings is 1. The van der Waals surface area contributed by atoms with Crippen molar-refractivity contribution >= 4 is 45.2 Å². The average molecular weight is 413 g/mol. The van der Waals surface area contributed by atoms with E-state index < -0.39 is 0 Å². The van der Waals surface area contributed by atoms with Crippen LogP contribution in [0.5, 0.6) is 5.75 Å². The smallest absolute Gasteiger partial charge is 0.147 e. The Morgan fingerprint density at radius 1 is 1.24 bits per heavy atom. The lowest BCUT2D eigenvalue weighted by Gasteiger charge is -2.08. The van der Waals surface area contributed by atoms with Crippen LogP contribution < -0.4 is 4.74 Å². The SMILES string of the molecule is CCOc1cccc2c1nc(CCl)n2-c1cccc(I)c1. The molecule has 0 unspecified atom stereocenters. The first-order chi connectivity index (χ1) is 10.2. The fourth-order valence-electron chi connectivity index (χ4n) is 2.39. The van der Waals surface area contributed by atoms with Crippen LogP contribution in [0, 0.1) is 3.57 Å². The Hall–Kier alpha value is -1.27. The summed E-state index contributed by atoms with van der Waals surface area (Å²) in [6.45, 7) is 2.59. The van der Waals surface area contributed by atoms with Gasteiger partial charge in [-0.15, -0.1) is 11.6 Å². The van der Waals surface area contributed by atoms with Crippen molar-refractivity contribution < 1.29 is 4.74 Å². The molecule has 1 heterocycles. The van der Waals surface area contributed by atoms with Gasteiger partial charge < -0.3 is 4.74 Å². The Bertz CT molecular complexity index is 785. The van der Waals surface area contributed by atoms with Crippen molar-refractivity contribution in [3.8, 4) is 11.4 Å². The molecule has 0 saturated heterocycles. The largest absolute Gasteiger partial charge is 0.492 e. The number of alkyl halides is 1. The van der Waals surface area contributed by atoms with Crippen molar-refractivity contribution in [2.24, 2.45) is 0 Å². The van der Waals surface area contributed by atoms with Gasteiger partial charge in [0.1, 0.15) is 17.1 Å². The van der Waals surface area contributed by atoms with Gasteiger partial charge in [-0.2, -0.15) is 0 Å². The van der Waals surface area contributed by atoms with E-state index in [-0.39, 0.29) is 0 Å². The number of hydrogen-bond acceptors (Lipinski definition) is 2. The van der Waals surface area contributed by atoms with Crippen LogP contribution in [0.15, 0.2) is 42.5 Å². The molecule has 0 aliphatic carbocycles. The van der Waals surface area contributed by atoms with E-state index in [1.165, 1.54) is 3.57 Å². The molecule has 0 atom stereocenters. The second-order valence-electron chi connectivity index (χ2n) is 4.53. The quantitative estimate of drug-likeness (QED) is 0.456. The van der Waals surface area contributed by atoms with Crippen molar-refractivity contribution in [2.45, 2.75) is 12.8 Å². The number of ether oxygens (including phenoxy) is 1. The standard InChI is InChI=1S/C16H14ClIN2O/c1-2-21-14-8-4-7-13-16(14)19-15(10-17)20(13)12-6-3-5-11(18)9-12/h3-9H,2,10H2,1H3. The second-order valence-corrected chi connectivity index (χ2v) is 6.05. The third kappa shape index (κ3) is 2.74. The van der Waals surface area contributed by atoms with Crippen LogP contribution in [0.3, 0.4) is 0 Å². The lowest BCUT2D eigenvalue weighted by molar-refractivity contribution is 0.343. The molecular weight excluding hydrogens is 399 g/mol. The molecule has 108 valence electrons. The normalized spacial score (nSPS) is 11.0. The molecule has 21 heavy (non-hydrogen) atoms. The van der Waals surface area contributed by atoms with Crippen molar-refractivity contribution in [1.82, 2.24) is 9.55 Å². The summed E-state index contributed by atoms with van der Waals surface area (Å²) in [4.78, 5) is 4.66. The Labute approximate surface area is 142 Å². The summed E-state index contributed by atoms with van der Waals surface area (Å²) in [5, 5.41) is 0. The molecule has 0 aliphatic rings. The van der Waals surface area contributed by atoms with E-state index in [2.05, 4.69) is 50.3 Å². The molecule has 0 fully saturated rings. The highest BCUT2D eigenvalue weighted by Gasteiger charge is 2.15. The zero-order chi connectivity index (χ0) is 14.8. The van der Waals surface area contributed by atoms with E-state index in [1.54, 1.807) is 0 Å². The Kier molecular flexibility index (Phi) is 4.35. The lowest BCUT2D eigenvalue weighted by atomic mass is 10.2. The highest BCUT2D eigenvalue weighted by molar-refractivity contribution is 14.1. The summed E-state index contributed by atoms with van der Waals surface area (Å²) in [6.07, 6.45) is 0. The van der Waals surface area contributed by atoms with Gasteiger partial charge in [-0.05, 0) is 59.8 Å². The van der Waals surface area contributed by atoms with Crippen molar-refractivity contribution in [2.75, 3.05) is 6.61 Å². The summed E-state index contributed by atoms with van der Waals surface area (Å²) >= 11 is 8.40. The highest BCUT2D eigenvalue weighted by atomic mass is 127. The minimum Gasteiger partial charge on any atom is -0.492 e. The topological polar surface area (TPSA) is 27.1 Å². The fourth-order valence-corrected chi connectivity index (χ4v) is 3.09. The van der Waals surface area contributed by atoms with Crippen LogP contribution in [0.2, 0.25) is 0 Å². The lowest BCUT2D eigenvalue weighted by Crippen LogP contribution is -1.99. The molecule has 0 aliphatic heterocycles. The molecule has 0 radical (unpaired) electrons. The van der Waals surface area contributed by atoms with E-state index >= 15 is 0 Å². The van der Waals surface area contributed by atoms with Gasteiger partial charge in [0.25, 0.3) is 0 Å². The summed E-state index contributed by atoms with van der Waals surface area (Å²) in [7, 11) is 0. The van der Waals surface area contributed by atoms with Crippen LogP contribution in [0.25, 0.3) is 16.7 Å². The number of halogens is 2. The predicted octanol–water partition coefficient (Wildman–Crippen LogP) is 4.77. The van der Waals surface area contributed by atoms with Crippen LogP contribution in [-0.2, 0) is 5.88 Å². The number of aromatic nitrogens is 2. The van der Waals surface area contributed by atoms with Gasteiger partial charge in [0, 0.05) is 9.26 Å². The van der Waals surface area contributed by atoms with Crippen LogP contribution >= 0.6 is 34.2 Å². The molecule has 1 aromatic heterocycles. The summed E-state index contributed by atoms with van der Waals surface area (Å²) in [5.41, 5.74) is 2.93. The number of rotatable bonds is 4. The molecular formula is C16H14ClIN2O. The van der Waals surface area contributed by atoms with Gasteiger partial charge in [0.05, 0.1) is 18.0 Å². The van der Waals surface area contributed by atoms with Gasteiger partial charge in [-0.25, -0.2) is 4.98 Å². The maximum Gasteiger partial charge on any atom is 0.147 e. The molecule has 0 N–H and O–H groups in total. The second kappa shape index (κ2) is 6.23. The predicted molar refractivity (Wildman–Crippen MR) is 94.5 cm³/mol. The van der Waals surface area contributed by atoms with Crippen molar-refractivity contribution in [3.63, 3.8) is 0 Å². The molecule has 0 spiro atoms.